The number of aromatic nitrogens is 3. The first kappa shape index (κ1) is 20.5. The Morgan fingerprint density at radius 1 is 1.24 bits per heavy atom. The first-order valence-electron chi connectivity index (χ1n) is 8.47. The van der Waals surface area contributed by atoms with E-state index in [1.807, 2.05) is 0 Å². The molecule has 3 aromatic rings. The summed E-state index contributed by atoms with van der Waals surface area (Å²) in [7, 11) is 1.34. The van der Waals surface area contributed by atoms with E-state index in [0.717, 1.165) is 0 Å². The van der Waals surface area contributed by atoms with Gasteiger partial charge in [0.05, 0.1) is 18.5 Å². The fourth-order valence-corrected chi connectivity index (χ4v) is 2.86. The third-order valence-electron chi connectivity index (χ3n) is 4.06. The summed E-state index contributed by atoms with van der Waals surface area (Å²) in [5.41, 5.74) is 2.02. The van der Waals surface area contributed by atoms with Crippen LogP contribution in [0.5, 0.6) is 11.5 Å². The Kier molecular flexibility index (Phi) is 6.28. The molecule has 0 saturated carbocycles. The van der Waals surface area contributed by atoms with Crippen LogP contribution in [-0.2, 0) is 6.54 Å². The Balaban J connectivity index is 1.72. The van der Waals surface area contributed by atoms with Gasteiger partial charge in [0.25, 0.3) is 5.91 Å². The minimum atomic E-state index is -2.96. The molecule has 0 radical (unpaired) electrons. The van der Waals surface area contributed by atoms with Crippen molar-refractivity contribution >= 4 is 17.5 Å². The molecule has 1 heterocycles. The number of alkyl halides is 2. The quantitative estimate of drug-likeness (QED) is 0.627. The molecule has 7 nitrogen and oxygen atoms in total. The number of hydrogen-bond acceptors (Lipinski definition) is 5. The van der Waals surface area contributed by atoms with Crippen molar-refractivity contribution in [3.05, 3.63) is 64.4 Å². The molecule has 0 atom stereocenters. The maximum Gasteiger partial charge on any atom is 0.387 e. The van der Waals surface area contributed by atoms with Crippen molar-refractivity contribution in [3.8, 4) is 17.2 Å². The van der Waals surface area contributed by atoms with Crippen LogP contribution >= 0.6 is 11.6 Å². The van der Waals surface area contributed by atoms with E-state index in [2.05, 4.69) is 20.4 Å². The van der Waals surface area contributed by atoms with Crippen molar-refractivity contribution in [1.29, 1.82) is 0 Å². The summed E-state index contributed by atoms with van der Waals surface area (Å²) in [5, 5.41) is 11.2. The topological polar surface area (TPSA) is 78.3 Å². The van der Waals surface area contributed by atoms with Crippen molar-refractivity contribution in [2.45, 2.75) is 20.1 Å². The van der Waals surface area contributed by atoms with Crippen molar-refractivity contribution in [2.24, 2.45) is 0 Å². The molecule has 0 saturated heterocycles. The molecule has 0 fully saturated rings. The number of rotatable bonds is 7. The number of ether oxygens (including phenoxy) is 2. The Labute approximate surface area is 170 Å². The number of nitrogens with one attached hydrogen (secondary N) is 1. The van der Waals surface area contributed by atoms with Crippen LogP contribution in [0.2, 0.25) is 5.02 Å². The van der Waals surface area contributed by atoms with Gasteiger partial charge >= 0.3 is 6.61 Å². The molecule has 1 amide bonds. The fraction of sp³-hybridized carbons (Fsp3) is 0.211. The number of hydrogen-bond donors (Lipinski definition) is 1. The van der Waals surface area contributed by atoms with Crippen LogP contribution in [0.3, 0.4) is 0 Å². The van der Waals surface area contributed by atoms with Gasteiger partial charge in [0.2, 0.25) is 0 Å². The van der Waals surface area contributed by atoms with E-state index in [1.165, 1.54) is 23.9 Å². The zero-order valence-electron chi connectivity index (χ0n) is 15.5. The molecule has 0 spiro atoms. The van der Waals surface area contributed by atoms with E-state index in [-0.39, 0.29) is 23.7 Å². The molecule has 1 aromatic heterocycles. The van der Waals surface area contributed by atoms with Crippen LogP contribution in [0.1, 0.15) is 21.7 Å². The normalized spacial score (nSPS) is 10.8. The monoisotopic (exact) mass is 422 g/mol. The molecule has 0 aliphatic heterocycles. The third kappa shape index (κ3) is 4.80. The fourth-order valence-electron chi connectivity index (χ4n) is 2.67. The maximum absolute atomic E-state index is 12.5. The summed E-state index contributed by atoms with van der Waals surface area (Å²) in [6, 6.07) is 11.4. The zero-order chi connectivity index (χ0) is 21.0. The Hall–Kier alpha value is -3.20. The van der Waals surface area contributed by atoms with E-state index < -0.39 is 12.5 Å². The van der Waals surface area contributed by atoms with Gasteiger partial charge < -0.3 is 14.8 Å². The van der Waals surface area contributed by atoms with Gasteiger partial charge in [-0.2, -0.15) is 8.78 Å². The minimum Gasteiger partial charge on any atom is -0.493 e. The van der Waals surface area contributed by atoms with Crippen molar-refractivity contribution < 1.29 is 23.0 Å². The van der Waals surface area contributed by atoms with Gasteiger partial charge in [-0.05, 0) is 42.8 Å². The number of carbonyl (C=O) groups is 1. The number of halogens is 3. The van der Waals surface area contributed by atoms with E-state index in [1.54, 1.807) is 37.3 Å². The summed E-state index contributed by atoms with van der Waals surface area (Å²) in [5.74, 6) is -0.374. The summed E-state index contributed by atoms with van der Waals surface area (Å²) >= 11 is 6.00. The number of methoxy groups -OCH3 is 1. The van der Waals surface area contributed by atoms with Gasteiger partial charge in [0, 0.05) is 11.6 Å². The average Bonchev–Trinajstić information content (AvgIpc) is 3.08. The molecule has 0 bridgehead atoms. The van der Waals surface area contributed by atoms with Gasteiger partial charge in [0.15, 0.2) is 17.2 Å². The molecule has 0 unspecified atom stereocenters. The zero-order valence-corrected chi connectivity index (χ0v) is 16.3. The van der Waals surface area contributed by atoms with Crippen molar-refractivity contribution in [1.82, 2.24) is 20.3 Å². The molecule has 3 rings (SSSR count). The van der Waals surface area contributed by atoms with Gasteiger partial charge in [-0.1, -0.05) is 28.9 Å². The van der Waals surface area contributed by atoms with E-state index in [9.17, 15) is 13.6 Å². The molecular formula is C19H17ClF2N4O3. The number of carbonyl (C=O) groups excluding carboxylic acids is 1. The van der Waals surface area contributed by atoms with Crippen LogP contribution < -0.4 is 14.8 Å². The lowest BCUT2D eigenvalue weighted by atomic mass is 10.2. The van der Waals surface area contributed by atoms with Crippen LogP contribution in [0.25, 0.3) is 5.69 Å². The van der Waals surface area contributed by atoms with Crippen molar-refractivity contribution in [3.63, 3.8) is 0 Å². The second-order valence-electron chi connectivity index (χ2n) is 5.96. The van der Waals surface area contributed by atoms with E-state index in [0.29, 0.717) is 22.0 Å². The predicted molar refractivity (Wildman–Crippen MR) is 102 cm³/mol. The molecule has 0 aliphatic rings. The molecule has 10 heteroatoms. The van der Waals surface area contributed by atoms with E-state index in [4.69, 9.17) is 16.3 Å². The highest BCUT2D eigenvalue weighted by Gasteiger charge is 2.18. The third-order valence-corrected chi connectivity index (χ3v) is 4.29. The van der Waals surface area contributed by atoms with Crippen LogP contribution in [0.15, 0.2) is 42.5 Å². The SMILES string of the molecule is COc1cc(CNC(=O)c2nnn(-c3cccc(Cl)c3)c2C)ccc1OC(F)F. The van der Waals surface area contributed by atoms with Crippen LogP contribution in [-0.4, -0.2) is 34.6 Å². The molecule has 2 aromatic carbocycles. The van der Waals surface area contributed by atoms with Gasteiger partial charge in [-0.25, -0.2) is 4.68 Å². The molecular weight excluding hydrogens is 406 g/mol. The lowest BCUT2D eigenvalue weighted by Gasteiger charge is -2.11. The summed E-state index contributed by atoms with van der Waals surface area (Å²) in [4.78, 5) is 12.5. The second kappa shape index (κ2) is 8.87. The lowest BCUT2D eigenvalue weighted by molar-refractivity contribution is -0.0512. The van der Waals surface area contributed by atoms with Gasteiger partial charge in [-0.15, -0.1) is 5.10 Å². The Morgan fingerprint density at radius 3 is 2.72 bits per heavy atom. The molecule has 29 heavy (non-hydrogen) atoms. The molecule has 0 aliphatic carbocycles. The average molecular weight is 423 g/mol. The first-order valence-corrected chi connectivity index (χ1v) is 8.85. The smallest absolute Gasteiger partial charge is 0.387 e. The maximum atomic E-state index is 12.5. The summed E-state index contributed by atoms with van der Waals surface area (Å²) in [6.45, 7) is -1.11. The lowest BCUT2D eigenvalue weighted by Crippen LogP contribution is -2.24. The predicted octanol–water partition coefficient (Wildman–Crippen LogP) is 3.77. The number of benzene rings is 2. The first-order chi connectivity index (χ1) is 13.9. The highest BCUT2D eigenvalue weighted by molar-refractivity contribution is 6.30. The Morgan fingerprint density at radius 2 is 2.03 bits per heavy atom. The molecule has 152 valence electrons. The van der Waals surface area contributed by atoms with Crippen molar-refractivity contribution in [2.75, 3.05) is 7.11 Å². The summed E-state index contributed by atoms with van der Waals surface area (Å²) < 4.78 is 35.8. The van der Waals surface area contributed by atoms with Crippen LogP contribution in [0.4, 0.5) is 8.78 Å². The van der Waals surface area contributed by atoms with Gasteiger partial charge in [0.1, 0.15) is 0 Å². The number of amides is 1. The molecule has 1 N–H and O–H groups in total. The summed E-state index contributed by atoms with van der Waals surface area (Å²) in [6.07, 6.45) is 0. The largest absolute Gasteiger partial charge is 0.493 e. The van der Waals surface area contributed by atoms with Crippen LogP contribution in [0, 0.1) is 6.92 Å². The Bertz CT molecular complexity index is 1030. The highest BCUT2D eigenvalue weighted by atomic mass is 35.5. The van der Waals surface area contributed by atoms with E-state index >= 15 is 0 Å². The van der Waals surface area contributed by atoms with Gasteiger partial charge in [-0.3, -0.25) is 4.79 Å². The highest BCUT2D eigenvalue weighted by Crippen LogP contribution is 2.29. The second-order valence-corrected chi connectivity index (χ2v) is 6.40. The minimum absolute atomic E-state index is 0.0853. The standard InChI is InChI=1S/C19H17ClF2N4O3/c1-11-17(24-25-26(11)14-5-3-4-13(20)9-14)18(27)23-10-12-6-7-15(29-19(21)22)16(8-12)28-2/h3-9,19H,10H2,1-2H3,(H,23,27). The number of nitrogens with zero attached hydrogens (tertiary/aromatic N) is 3.